The molecule has 10 rings (SSSR count). The molecule has 9 aromatic rings. The van der Waals surface area contributed by atoms with E-state index in [0.717, 1.165) is 44.9 Å². The third-order valence-corrected chi connectivity index (χ3v) is 11.4. The molecule has 0 bridgehead atoms. The summed E-state index contributed by atoms with van der Waals surface area (Å²) in [4.78, 5) is 4.99. The molecule has 0 amide bonds. The predicted octanol–water partition coefficient (Wildman–Crippen LogP) is 12.5. The number of para-hydroxylation sites is 2. The fraction of sp³-hybridized carbons (Fsp3) is 0.0769. The molecule has 1 unspecified atom stereocenters. The Kier molecular flexibility index (Phi) is 8.49. The van der Waals surface area contributed by atoms with Gasteiger partial charge in [0.15, 0.2) is 5.84 Å². The lowest BCUT2D eigenvalue weighted by molar-refractivity contribution is 0.437. The predicted molar refractivity (Wildman–Crippen MR) is 239 cm³/mol. The number of aromatic nitrogens is 2. The molecular formula is C52H41N5. The highest BCUT2D eigenvalue weighted by Gasteiger charge is 2.28. The molecule has 0 saturated carbocycles. The van der Waals surface area contributed by atoms with E-state index in [1.165, 1.54) is 38.5 Å². The minimum atomic E-state index is -0.197. The van der Waals surface area contributed by atoms with Crippen LogP contribution in [0.3, 0.4) is 0 Å². The van der Waals surface area contributed by atoms with E-state index >= 15 is 0 Å². The number of hydrogen-bond donors (Lipinski definition) is 2. The fourth-order valence-corrected chi connectivity index (χ4v) is 8.62. The Labute approximate surface area is 332 Å². The maximum absolute atomic E-state index is 9.07. The Bertz CT molecular complexity index is 3060. The molecule has 274 valence electrons. The fourth-order valence-electron chi connectivity index (χ4n) is 8.62. The quantitative estimate of drug-likeness (QED) is 0.130. The van der Waals surface area contributed by atoms with Crippen LogP contribution in [0.1, 0.15) is 24.5 Å². The average Bonchev–Trinajstić information content (AvgIpc) is 3.78. The van der Waals surface area contributed by atoms with Crippen molar-refractivity contribution in [3.8, 4) is 22.3 Å². The van der Waals surface area contributed by atoms with Crippen molar-refractivity contribution < 1.29 is 0 Å². The van der Waals surface area contributed by atoms with Crippen LogP contribution in [0, 0.1) is 5.41 Å². The molecule has 5 heteroatoms. The molecule has 2 heterocycles. The molecule has 0 saturated heterocycles. The molecule has 7 aromatic carbocycles. The summed E-state index contributed by atoms with van der Waals surface area (Å²) in [6.45, 7) is 2.90. The summed E-state index contributed by atoms with van der Waals surface area (Å²) in [5, 5.41) is 17.4. The van der Waals surface area contributed by atoms with Gasteiger partial charge in [0.2, 0.25) is 5.96 Å². The minimum absolute atomic E-state index is 0.197. The first-order chi connectivity index (χ1) is 28.1. The van der Waals surface area contributed by atoms with E-state index in [1.54, 1.807) is 0 Å². The van der Waals surface area contributed by atoms with E-state index in [9.17, 15) is 0 Å². The van der Waals surface area contributed by atoms with Crippen LogP contribution in [0.25, 0.3) is 65.9 Å². The van der Waals surface area contributed by atoms with Crippen molar-refractivity contribution in [2.75, 3.05) is 0 Å². The SMILES string of the molecule is CC1(n2c3ccccc3c3cc(-c4ccc5c(c4)c4ccccc4n5/C(=N/C(=N)c4ccccc4)NCc4ccccc4)c(-c4ccccc4)cc32)C=CC=CC1. The van der Waals surface area contributed by atoms with Crippen molar-refractivity contribution in [3.63, 3.8) is 0 Å². The summed E-state index contributed by atoms with van der Waals surface area (Å²) in [7, 11) is 0. The number of fused-ring (bicyclic) bond motifs is 6. The van der Waals surface area contributed by atoms with Crippen molar-refractivity contribution >= 4 is 55.4 Å². The highest BCUT2D eigenvalue weighted by molar-refractivity contribution is 6.17. The van der Waals surface area contributed by atoms with Crippen LogP contribution < -0.4 is 5.32 Å². The lowest BCUT2D eigenvalue weighted by Gasteiger charge is -2.31. The van der Waals surface area contributed by atoms with Gasteiger partial charge in [0.05, 0.1) is 22.1 Å². The molecule has 1 atom stereocenters. The first-order valence-corrected chi connectivity index (χ1v) is 19.6. The van der Waals surface area contributed by atoms with Gasteiger partial charge in [-0.1, -0.05) is 158 Å². The Morgan fingerprint density at radius 3 is 1.95 bits per heavy atom. The molecule has 2 aromatic heterocycles. The van der Waals surface area contributed by atoms with Gasteiger partial charge in [-0.05, 0) is 77.6 Å². The zero-order valence-electron chi connectivity index (χ0n) is 31.7. The standard InChI is InChI=1S/C52H41N5/c1-52(30-16-5-17-31-52)57-48-27-15-13-25-41(48)45-33-42(43(34-49(45)57)37-20-8-3-9-21-37)39-28-29-47-44(32-39)40-24-12-14-26-46(40)56(47)51(54-35-36-18-6-2-7-19-36)55-50(53)38-22-10-4-11-23-38/h2-30,32-34H,31,35H2,1H3,(H2,53,54,55). The lowest BCUT2D eigenvalue weighted by atomic mass is 9.90. The van der Waals surface area contributed by atoms with E-state index in [1.807, 2.05) is 48.5 Å². The Morgan fingerprint density at radius 2 is 1.21 bits per heavy atom. The first-order valence-electron chi connectivity index (χ1n) is 19.6. The third kappa shape index (κ3) is 6.05. The second kappa shape index (κ2) is 14.1. The van der Waals surface area contributed by atoms with E-state index in [2.05, 4.69) is 167 Å². The molecule has 0 spiro atoms. The molecule has 5 nitrogen and oxygen atoms in total. The topological polar surface area (TPSA) is 58.1 Å². The van der Waals surface area contributed by atoms with Gasteiger partial charge in [-0.25, -0.2) is 0 Å². The second-order valence-corrected chi connectivity index (χ2v) is 15.1. The summed E-state index contributed by atoms with van der Waals surface area (Å²) >= 11 is 0. The molecule has 1 aliphatic carbocycles. The van der Waals surface area contributed by atoms with Crippen LogP contribution >= 0.6 is 0 Å². The molecule has 0 fully saturated rings. The average molecular weight is 736 g/mol. The van der Waals surface area contributed by atoms with E-state index in [0.29, 0.717) is 12.5 Å². The van der Waals surface area contributed by atoms with Crippen LogP contribution in [0.5, 0.6) is 0 Å². The maximum atomic E-state index is 9.07. The van der Waals surface area contributed by atoms with E-state index in [4.69, 9.17) is 10.4 Å². The number of aliphatic imine (C=N–C) groups is 1. The zero-order valence-corrected chi connectivity index (χ0v) is 31.7. The first kappa shape index (κ1) is 34.3. The summed E-state index contributed by atoms with van der Waals surface area (Å²) in [5.41, 5.74) is 10.9. The van der Waals surface area contributed by atoms with Crippen molar-refractivity contribution in [2.45, 2.75) is 25.4 Å². The van der Waals surface area contributed by atoms with Gasteiger partial charge in [-0.3, -0.25) is 9.98 Å². The highest BCUT2D eigenvalue weighted by atomic mass is 15.2. The number of nitrogens with one attached hydrogen (secondary N) is 2. The molecule has 2 N–H and O–H groups in total. The summed E-state index contributed by atoms with van der Waals surface area (Å²) in [6, 6.07) is 59.8. The minimum Gasteiger partial charge on any atom is -0.351 e. The van der Waals surface area contributed by atoms with Gasteiger partial charge >= 0.3 is 0 Å². The Balaban J connectivity index is 1.19. The van der Waals surface area contributed by atoms with Gasteiger partial charge in [0, 0.05) is 39.2 Å². The summed E-state index contributed by atoms with van der Waals surface area (Å²) < 4.78 is 4.72. The second-order valence-electron chi connectivity index (χ2n) is 15.1. The number of amidine groups is 1. The number of hydrogen-bond acceptors (Lipinski definition) is 1. The maximum Gasteiger partial charge on any atom is 0.210 e. The van der Waals surface area contributed by atoms with Gasteiger partial charge in [0.1, 0.15) is 0 Å². The van der Waals surface area contributed by atoms with Crippen LogP contribution in [-0.4, -0.2) is 20.9 Å². The van der Waals surface area contributed by atoms with Crippen LogP contribution in [-0.2, 0) is 12.1 Å². The molecule has 0 radical (unpaired) electrons. The summed E-state index contributed by atoms with van der Waals surface area (Å²) in [5.74, 6) is 0.799. The van der Waals surface area contributed by atoms with E-state index < -0.39 is 0 Å². The number of benzene rings is 7. The van der Waals surface area contributed by atoms with Crippen molar-refractivity contribution in [3.05, 3.63) is 205 Å². The van der Waals surface area contributed by atoms with Crippen molar-refractivity contribution in [2.24, 2.45) is 4.99 Å². The zero-order chi connectivity index (χ0) is 38.3. The molecule has 57 heavy (non-hydrogen) atoms. The Hall–Kier alpha value is -7.24. The van der Waals surface area contributed by atoms with Gasteiger partial charge in [-0.15, -0.1) is 0 Å². The molecule has 0 aliphatic heterocycles. The monoisotopic (exact) mass is 735 g/mol. The van der Waals surface area contributed by atoms with Gasteiger partial charge in [0.25, 0.3) is 0 Å². The smallest absolute Gasteiger partial charge is 0.210 e. The number of nitrogens with zero attached hydrogens (tertiary/aromatic N) is 3. The molecular weight excluding hydrogens is 695 g/mol. The van der Waals surface area contributed by atoms with E-state index in [-0.39, 0.29) is 11.4 Å². The van der Waals surface area contributed by atoms with Gasteiger partial charge in [-0.2, -0.15) is 4.99 Å². The normalized spacial score (nSPS) is 15.6. The molecule has 1 aliphatic rings. The number of allylic oxidation sites excluding steroid dienone is 4. The van der Waals surface area contributed by atoms with Crippen LogP contribution in [0.15, 0.2) is 199 Å². The van der Waals surface area contributed by atoms with Gasteiger partial charge < -0.3 is 9.88 Å². The third-order valence-electron chi connectivity index (χ3n) is 11.4. The highest BCUT2D eigenvalue weighted by Crippen LogP contribution is 2.44. The Morgan fingerprint density at radius 1 is 0.596 bits per heavy atom. The summed E-state index contributed by atoms with van der Waals surface area (Å²) in [6.07, 6.45) is 9.87. The largest absolute Gasteiger partial charge is 0.351 e. The van der Waals surface area contributed by atoms with Crippen LogP contribution in [0.2, 0.25) is 0 Å². The van der Waals surface area contributed by atoms with Crippen LogP contribution in [0.4, 0.5) is 0 Å². The van der Waals surface area contributed by atoms with Crippen molar-refractivity contribution in [1.29, 1.82) is 5.41 Å². The number of rotatable bonds is 6. The van der Waals surface area contributed by atoms with Crippen molar-refractivity contribution in [1.82, 2.24) is 14.5 Å². The lowest BCUT2D eigenvalue weighted by Crippen LogP contribution is -2.31.